The molecule has 0 atom stereocenters. The van der Waals surface area contributed by atoms with Gasteiger partial charge in [0.15, 0.2) is 0 Å². The number of nitrogens with one attached hydrogen (secondary N) is 1. The largest absolute Gasteiger partial charge is 0.322 e. The lowest BCUT2D eigenvalue weighted by atomic mass is 10.2. The van der Waals surface area contributed by atoms with Crippen molar-refractivity contribution in [3.63, 3.8) is 0 Å². The van der Waals surface area contributed by atoms with Gasteiger partial charge < -0.3 is 9.88 Å². The van der Waals surface area contributed by atoms with Gasteiger partial charge in [0.05, 0.1) is 11.1 Å². The Kier molecular flexibility index (Phi) is 4.23. The number of carbonyl (C=O) groups excluding carboxylic acids is 1. The number of para-hydroxylation sites is 1. The van der Waals surface area contributed by atoms with Crippen molar-refractivity contribution in [3.8, 4) is 5.69 Å². The monoisotopic (exact) mass is 341 g/mol. The predicted octanol–water partition coefficient (Wildman–Crippen LogP) is 4.84. The third kappa shape index (κ3) is 2.97. The fourth-order valence-electron chi connectivity index (χ4n) is 3.17. The lowest BCUT2D eigenvalue weighted by molar-refractivity contribution is 0.102. The molecule has 2 aromatic heterocycles. The van der Waals surface area contributed by atoms with Gasteiger partial charge in [0, 0.05) is 34.8 Å². The Bertz CT molecular complexity index is 1050. The molecule has 4 heteroatoms. The number of hydrogen-bond donors (Lipinski definition) is 1. The van der Waals surface area contributed by atoms with Crippen LogP contribution in [0.2, 0.25) is 0 Å². The van der Waals surface area contributed by atoms with Crippen molar-refractivity contribution in [3.05, 3.63) is 90.4 Å². The molecule has 1 N–H and O–H groups in total. The Hall–Kier alpha value is -3.40. The minimum absolute atomic E-state index is 0.161. The number of hydrogen-bond acceptors (Lipinski definition) is 2. The second-order valence-corrected chi connectivity index (χ2v) is 6.13. The van der Waals surface area contributed by atoms with E-state index in [0.717, 1.165) is 17.8 Å². The number of aryl methyl sites for hydroxylation is 1. The zero-order valence-corrected chi connectivity index (χ0v) is 14.5. The average molecular weight is 341 g/mol. The van der Waals surface area contributed by atoms with Gasteiger partial charge in [0.25, 0.3) is 5.91 Å². The molecule has 26 heavy (non-hydrogen) atoms. The Morgan fingerprint density at radius 1 is 1.04 bits per heavy atom. The Morgan fingerprint density at radius 2 is 1.85 bits per heavy atom. The summed E-state index contributed by atoms with van der Waals surface area (Å²) in [6.07, 6.45) is 4.16. The summed E-state index contributed by atoms with van der Waals surface area (Å²) in [5.41, 5.74) is 4.84. The number of rotatable bonds is 4. The highest BCUT2D eigenvalue weighted by Crippen LogP contribution is 2.25. The summed E-state index contributed by atoms with van der Waals surface area (Å²) in [6.45, 7) is 2.16. The molecule has 0 radical (unpaired) electrons. The van der Waals surface area contributed by atoms with Crippen LogP contribution in [0.15, 0.2) is 79.1 Å². The van der Waals surface area contributed by atoms with Crippen LogP contribution < -0.4 is 5.32 Å². The Balaban J connectivity index is 1.64. The third-order valence-corrected chi connectivity index (χ3v) is 4.46. The summed E-state index contributed by atoms with van der Waals surface area (Å²) in [7, 11) is 0. The van der Waals surface area contributed by atoms with Gasteiger partial charge in [0.2, 0.25) is 0 Å². The maximum absolute atomic E-state index is 12.2. The van der Waals surface area contributed by atoms with E-state index in [4.69, 9.17) is 0 Å². The van der Waals surface area contributed by atoms with E-state index >= 15 is 0 Å². The molecule has 4 aromatic rings. The zero-order valence-electron chi connectivity index (χ0n) is 14.5. The van der Waals surface area contributed by atoms with Gasteiger partial charge in [-0.25, -0.2) is 0 Å². The predicted molar refractivity (Wildman–Crippen MR) is 105 cm³/mol. The van der Waals surface area contributed by atoms with Crippen LogP contribution in [0, 0.1) is 0 Å². The standard InChI is InChI=1S/C22H19N3O/c1-2-19-14-16-6-3-4-8-21(16)25(19)20-11-9-18(10-12-20)24-22(26)17-7-5-13-23-15-17/h3-15H,2H2,1H3,(H,24,26). The van der Waals surface area contributed by atoms with Crippen molar-refractivity contribution in [1.29, 1.82) is 0 Å². The first-order valence-corrected chi connectivity index (χ1v) is 8.67. The van der Waals surface area contributed by atoms with Crippen molar-refractivity contribution in [2.45, 2.75) is 13.3 Å². The summed E-state index contributed by atoms with van der Waals surface area (Å²) in [5, 5.41) is 4.14. The molecule has 4 nitrogen and oxygen atoms in total. The first-order valence-electron chi connectivity index (χ1n) is 8.67. The number of pyridine rings is 1. The second-order valence-electron chi connectivity index (χ2n) is 6.13. The number of fused-ring (bicyclic) bond motifs is 1. The number of nitrogens with zero attached hydrogens (tertiary/aromatic N) is 2. The van der Waals surface area contributed by atoms with E-state index in [-0.39, 0.29) is 5.91 Å². The van der Waals surface area contributed by atoms with Crippen molar-refractivity contribution in [2.24, 2.45) is 0 Å². The van der Waals surface area contributed by atoms with Gasteiger partial charge in [0.1, 0.15) is 0 Å². The molecule has 0 saturated heterocycles. The van der Waals surface area contributed by atoms with Gasteiger partial charge in [-0.15, -0.1) is 0 Å². The maximum Gasteiger partial charge on any atom is 0.257 e. The van der Waals surface area contributed by atoms with E-state index < -0.39 is 0 Å². The summed E-state index contributed by atoms with van der Waals surface area (Å²) < 4.78 is 2.27. The smallest absolute Gasteiger partial charge is 0.257 e. The molecule has 4 rings (SSSR count). The lowest BCUT2D eigenvalue weighted by Gasteiger charge is -2.11. The van der Waals surface area contributed by atoms with Crippen LogP contribution in [-0.2, 0) is 6.42 Å². The van der Waals surface area contributed by atoms with Gasteiger partial charge in [-0.2, -0.15) is 0 Å². The fourth-order valence-corrected chi connectivity index (χ4v) is 3.17. The average Bonchev–Trinajstić information content (AvgIpc) is 3.08. The van der Waals surface area contributed by atoms with Crippen LogP contribution in [0.25, 0.3) is 16.6 Å². The molecule has 0 unspecified atom stereocenters. The molecule has 0 saturated carbocycles. The molecule has 0 spiro atoms. The van der Waals surface area contributed by atoms with Crippen molar-refractivity contribution in [1.82, 2.24) is 9.55 Å². The second kappa shape index (κ2) is 6.84. The summed E-state index contributed by atoms with van der Waals surface area (Å²) >= 11 is 0. The van der Waals surface area contributed by atoms with Gasteiger partial charge in [-0.1, -0.05) is 25.1 Å². The van der Waals surface area contributed by atoms with E-state index in [0.29, 0.717) is 5.56 Å². The van der Waals surface area contributed by atoms with E-state index in [9.17, 15) is 4.79 Å². The molecule has 0 bridgehead atoms. The van der Waals surface area contributed by atoms with E-state index in [1.165, 1.54) is 16.6 Å². The van der Waals surface area contributed by atoms with Crippen LogP contribution in [0.1, 0.15) is 23.0 Å². The molecule has 128 valence electrons. The quantitative estimate of drug-likeness (QED) is 0.577. The topological polar surface area (TPSA) is 46.9 Å². The Labute approximate surface area is 152 Å². The molecule has 0 fully saturated rings. The van der Waals surface area contributed by atoms with Crippen LogP contribution in [0.5, 0.6) is 0 Å². The zero-order chi connectivity index (χ0) is 17.9. The first kappa shape index (κ1) is 16.1. The number of benzene rings is 2. The Morgan fingerprint density at radius 3 is 2.58 bits per heavy atom. The third-order valence-electron chi connectivity index (χ3n) is 4.46. The van der Waals surface area contributed by atoms with Crippen LogP contribution in [0.3, 0.4) is 0 Å². The molecular formula is C22H19N3O. The first-order chi connectivity index (χ1) is 12.8. The van der Waals surface area contributed by atoms with Crippen molar-refractivity contribution >= 4 is 22.5 Å². The molecule has 1 amide bonds. The molecule has 2 heterocycles. The summed E-state index contributed by atoms with van der Waals surface area (Å²) in [4.78, 5) is 16.2. The lowest BCUT2D eigenvalue weighted by Crippen LogP contribution is -2.12. The summed E-state index contributed by atoms with van der Waals surface area (Å²) in [6, 6.07) is 22.0. The van der Waals surface area contributed by atoms with Gasteiger partial charge >= 0.3 is 0 Å². The van der Waals surface area contributed by atoms with Gasteiger partial charge in [-0.3, -0.25) is 9.78 Å². The molecule has 2 aromatic carbocycles. The normalized spacial score (nSPS) is 10.8. The highest BCUT2D eigenvalue weighted by molar-refractivity contribution is 6.04. The number of anilines is 1. The minimum atomic E-state index is -0.161. The SMILES string of the molecule is CCc1cc2ccccc2n1-c1ccc(NC(=O)c2cccnc2)cc1. The van der Waals surface area contributed by atoms with E-state index in [2.05, 4.69) is 52.1 Å². The minimum Gasteiger partial charge on any atom is -0.322 e. The highest BCUT2D eigenvalue weighted by Gasteiger charge is 2.10. The molecule has 0 aliphatic carbocycles. The fraction of sp³-hybridized carbons (Fsp3) is 0.0909. The van der Waals surface area contributed by atoms with Crippen LogP contribution >= 0.6 is 0 Å². The number of aromatic nitrogens is 2. The molecular weight excluding hydrogens is 322 g/mol. The van der Waals surface area contributed by atoms with Crippen LogP contribution in [0.4, 0.5) is 5.69 Å². The molecule has 0 aliphatic rings. The number of carbonyl (C=O) groups is 1. The highest BCUT2D eigenvalue weighted by atomic mass is 16.1. The van der Waals surface area contributed by atoms with Crippen molar-refractivity contribution in [2.75, 3.05) is 5.32 Å². The van der Waals surface area contributed by atoms with Gasteiger partial charge in [-0.05, 0) is 55.0 Å². The maximum atomic E-state index is 12.2. The van der Waals surface area contributed by atoms with Crippen LogP contribution in [-0.4, -0.2) is 15.5 Å². The van der Waals surface area contributed by atoms with E-state index in [1.807, 2.05) is 24.3 Å². The number of amides is 1. The molecule has 0 aliphatic heterocycles. The summed E-state index contributed by atoms with van der Waals surface area (Å²) in [5.74, 6) is -0.161. The van der Waals surface area contributed by atoms with E-state index in [1.54, 1.807) is 24.5 Å². The van der Waals surface area contributed by atoms with Crippen molar-refractivity contribution < 1.29 is 4.79 Å².